The van der Waals surface area contributed by atoms with Crippen molar-refractivity contribution in [2.45, 2.75) is 25.9 Å². The van der Waals surface area contributed by atoms with Gasteiger partial charge in [-0.15, -0.1) is 12.4 Å². The second-order valence-corrected chi connectivity index (χ2v) is 1.37. The Hall–Kier alpha value is 0.0800. The quantitative estimate of drug-likeness (QED) is 0.537. The van der Waals surface area contributed by atoms with E-state index >= 15 is 0 Å². The number of alkyl halides is 3. The van der Waals surface area contributed by atoms with Gasteiger partial charge in [0.15, 0.2) is 0 Å². The van der Waals surface area contributed by atoms with Crippen molar-refractivity contribution in [2.75, 3.05) is 0 Å². The van der Waals surface area contributed by atoms with Crippen LogP contribution in [0.2, 0.25) is 0 Å². The molecule has 4 heteroatoms. The van der Waals surface area contributed by atoms with Gasteiger partial charge in [-0.1, -0.05) is 6.92 Å². The fourth-order valence-electron chi connectivity index (χ4n) is 0.283. The minimum Gasteiger partial charge on any atom is -0.171 e. The molecule has 0 atom stereocenters. The Morgan fingerprint density at radius 3 is 1.62 bits per heavy atom. The molecular formula is C4H8ClF3. The number of hydrogen-bond acceptors (Lipinski definition) is 0. The Morgan fingerprint density at radius 1 is 1.25 bits per heavy atom. The van der Waals surface area contributed by atoms with E-state index in [4.69, 9.17) is 0 Å². The normalized spacial score (nSPS) is 10.5. The van der Waals surface area contributed by atoms with Gasteiger partial charge in [-0.25, -0.2) is 0 Å². The lowest BCUT2D eigenvalue weighted by molar-refractivity contribution is -0.134. The first-order chi connectivity index (χ1) is 3.06. The van der Waals surface area contributed by atoms with Crippen molar-refractivity contribution in [3.8, 4) is 0 Å². The smallest absolute Gasteiger partial charge is 0.171 e. The summed E-state index contributed by atoms with van der Waals surface area (Å²) < 4.78 is 33.2. The Labute approximate surface area is 52.5 Å². The van der Waals surface area contributed by atoms with E-state index in [1.807, 2.05) is 0 Å². The van der Waals surface area contributed by atoms with Crippen molar-refractivity contribution in [1.82, 2.24) is 0 Å². The van der Waals surface area contributed by atoms with Crippen LogP contribution in [0.4, 0.5) is 13.2 Å². The zero-order chi connectivity index (χ0) is 5.91. The number of halogens is 4. The Morgan fingerprint density at radius 2 is 1.62 bits per heavy atom. The molecule has 0 aromatic heterocycles. The highest BCUT2D eigenvalue weighted by molar-refractivity contribution is 5.85. The first-order valence-electron chi connectivity index (χ1n) is 2.13. The van der Waals surface area contributed by atoms with E-state index in [1.54, 1.807) is 0 Å². The first-order valence-corrected chi connectivity index (χ1v) is 2.13. The zero-order valence-electron chi connectivity index (χ0n) is 4.46. The topological polar surface area (TPSA) is 0 Å². The third-order valence-electron chi connectivity index (χ3n) is 0.533. The maximum absolute atomic E-state index is 11.1. The van der Waals surface area contributed by atoms with E-state index in [-0.39, 0.29) is 18.8 Å². The minimum atomic E-state index is -3.95. The average Bonchev–Trinajstić information content (AvgIpc) is 1.30. The van der Waals surface area contributed by atoms with Crippen LogP contribution in [0.3, 0.4) is 0 Å². The van der Waals surface area contributed by atoms with Gasteiger partial charge in [-0.3, -0.25) is 0 Å². The molecule has 0 unspecified atom stereocenters. The van der Waals surface area contributed by atoms with Crippen molar-refractivity contribution < 1.29 is 13.2 Å². The Balaban J connectivity index is 0. The van der Waals surface area contributed by atoms with Gasteiger partial charge in [-0.2, -0.15) is 13.2 Å². The van der Waals surface area contributed by atoms with Crippen LogP contribution >= 0.6 is 12.4 Å². The van der Waals surface area contributed by atoms with E-state index in [0.29, 0.717) is 0 Å². The summed E-state index contributed by atoms with van der Waals surface area (Å²) in [6, 6.07) is 0. The zero-order valence-corrected chi connectivity index (χ0v) is 5.27. The molecule has 0 saturated heterocycles. The van der Waals surface area contributed by atoms with Gasteiger partial charge in [0.25, 0.3) is 0 Å². The van der Waals surface area contributed by atoms with Crippen LogP contribution in [0.1, 0.15) is 19.8 Å². The number of hydrogen-bond donors (Lipinski definition) is 0. The van der Waals surface area contributed by atoms with Crippen molar-refractivity contribution in [2.24, 2.45) is 0 Å². The van der Waals surface area contributed by atoms with Gasteiger partial charge in [0, 0.05) is 6.42 Å². The highest BCUT2D eigenvalue weighted by Gasteiger charge is 2.24. The highest BCUT2D eigenvalue weighted by Crippen LogP contribution is 2.20. The van der Waals surface area contributed by atoms with Gasteiger partial charge < -0.3 is 0 Å². The maximum atomic E-state index is 11.1. The van der Waals surface area contributed by atoms with Crippen LogP contribution in [0.15, 0.2) is 0 Å². The summed E-state index contributed by atoms with van der Waals surface area (Å²) in [5, 5.41) is 0. The van der Waals surface area contributed by atoms with Gasteiger partial charge in [0.1, 0.15) is 0 Å². The van der Waals surface area contributed by atoms with Crippen LogP contribution in [0.5, 0.6) is 0 Å². The summed E-state index contributed by atoms with van der Waals surface area (Å²) >= 11 is 0. The average molecular weight is 149 g/mol. The molecule has 0 aromatic rings. The fourth-order valence-corrected chi connectivity index (χ4v) is 0.283. The third kappa shape index (κ3) is 9.43. The lowest BCUT2D eigenvalue weighted by Crippen LogP contribution is -2.04. The molecule has 0 amide bonds. The van der Waals surface area contributed by atoms with Crippen LogP contribution in [-0.2, 0) is 0 Å². The molecule has 0 rings (SSSR count). The summed E-state index contributed by atoms with van der Waals surface area (Å²) in [5.41, 5.74) is 0. The van der Waals surface area contributed by atoms with E-state index in [1.165, 1.54) is 6.92 Å². The molecule has 0 bridgehead atoms. The molecule has 0 nitrogen and oxygen atoms in total. The molecule has 0 radical (unpaired) electrons. The lowest BCUT2D eigenvalue weighted by Gasteiger charge is -2.00. The van der Waals surface area contributed by atoms with Crippen LogP contribution in [-0.4, -0.2) is 6.18 Å². The molecule has 0 aliphatic carbocycles. The largest absolute Gasteiger partial charge is 0.389 e. The molecule has 0 heterocycles. The van der Waals surface area contributed by atoms with E-state index in [2.05, 4.69) is 0 Å². The third-order valence-corrected chi connectivity index (χ3v) is 0.533. The minimum absolute atomic E-state index is 0. The number of rotatable bonds is 1. The predicted octanol–water partition coefficient (Wildman–Crippen LogP) is 2.77. The summed E-state index contributed by atoms with van der Waals surface area (Å²) in [4.78, 5) is 0. The van der Waals surface area contributed by atoms with Crippen molar-refractivity contribution in [1.29, 1.82) is 0 Å². The molecule has 0 aromatic carbocycles. The Kier molecular flexibility index (Phi) is 5.49. The molecule has 0 N–H and O–H groups in total. The van der Waals surface area contributed by atoms with Crippen molar-refractivity contribution in [3.05, 3.63) is 0 Å². The predicted molar refractivity (Wildman–Crippen MR) is 28.2 cm³/mol. The van der Waals surface area contributed by atoms with Gasteiger partial charge in [0.05, 0.1) is 0 Å². The summed E-state index contributed by atoms with van der Waals surface area (Å²) in [6.45, 7) is 1.51. The Bertz CT molecular complexity index is 49.7. The molecule has 8 heavy (non-hydrogen) atoms. The summed E-state index contributed by atoms with van der Waals surface area (Å²) in [5.74, 6) is 0. The highest BCUT2D eigenvalue weighted by atomic mass is 35.5. The molecule has 0 fully saturated rings. The summed E-state index contributed by atoms with van der Waals surface area (Å²) in [6.07, 6.45) is -4.43. The van der Waals surface area contributed by atoms with Crippen molar-refractivity contribution >= 4 is 12.4 Å². The monoisotopic (exact) mass is 148 g/mol. The van der Waals surface area contributed by atoms with Gasteiger partial charge in [0.2, 0.25) is 0 Å². The van der Waals surface area contributed by atoms with Crippen LogP contribution in [0.25, 0.3) is 0 Å². The molecule has 0 spiro atoms. The van der Waals surface area contributed by atoms with E-state index < -0.39 is 12.6 Å². The van der Waals surface area contributed by atoms with E-state index in [9.17, 15) is 13.2 Å². The van der Waals surface area contributed by atoms with E-state index in [0.717, 1.165) is 0 Å². The molecule has 0 saturated carbocycles. The molecule has 0 aliphatic heterocycles. The lowest BCUT2D eigenvalue weighted by atomic mass is 10.3. The van der Waals surface area contributed by atoms with Crippen LogP contribution < -0.4 is 0 Å². The standard InChI is InChI=1S/C4H7F3.ClH/c1-2-3-4(5,6)7;/h2-3H2,1H3;1H. The maximum Gasteiger partial charge on any atom is 0.389 e. The first kappa shape index (κ1) is 11.0. The van der Waals surface area contributed by atoms with Crippen LogP contribution in [0, 0.1) is 0 Å². The molecule has 0 aliphatic rings. The van der Waals surface area contributed by atoms with Gasteiger partial charge in [-0.05, 0) is 6.42 Å². The van der Waals surface area contributed by atoms with Crippen molar-refractivity contribution in [3.63, 3.8) is 0 Å². The second-order valence-electron chi connectivity index (χ2n) is 1.37. The summed E-state index contributed by atoms with van der Waals surface area (Å²) in [7, 11) is 0. The molecular weight excluding hydrogens is 140 g/mol. The van der Waals surface area contributed by atoms with Gasteiger partial charge >= 0.3 is 6.18 Å². The second kappa shape index (κ2) is 4.01. The fraction of sp³-hybridized carbons (Fsp3) is 1.00. The SMILES string of the molecule is CCCC(F)(F)F.Cl. The molecule has 52 valence electrons.